The fourth-order valence-electron chi connectivity index (χ4n) is 4.06. The van der Waals surface area contributed by atoms with E-state index in [1.54, 1.807) is 54.3 Å². The molecule has 2 unspecified atom stereocenters. The van der Waals surface area contributed by atoms with Crippen molar-refractivity contribution in [3.63, 3.8) is 0 Å². The van der Waals surface area contributed by atoms with Crippen molar-refractivity contribution in [3.05, 3.63) is 90.8 Å². The van der Waals surface area contributed by atoms with Gasteiger partial charge >= 0.3 is 0 Å². The van der Waals surface area contributed by atoms with Gasteiger partial charge in [0.25, 0.3) is 0 Å². The number of anilines is 2. The predicted molar refractivity (Wildman–Crippen MR) is 145 cm³/mol. The van der Waals surface area contributed by atoms with E-state index in [2.05, 4.69) is 21.0 Å². The molecule has 2 atom stereocenters. The average Bonchev–Trinajstić information content (AvgIpc) is 3.42. The van der Waals surface area contributed by atoms with Crippen LogP contribution in [0.25, 0.3) is 10.8 Å². The summed E-state index contributed by atoms with van der Waals surface area (Å²) in [6, 6.07) is 21.3. The van der Waals surface area contributed by atoms with Gasteiger partial charge < -0.3 is 16.0 Å². The van der Waals surface area contributed by atoms with Crippen LogP contribution in [0.2, 0.25) is 0 Å². The summed E-state index contributed by atoms with van der Waals surface area (Å²) in [5.41, 5.74) is 1.94. The number of hydrogen-bond donors (Lipinski definition) is 3. The van der Waals surface area contributed by atoms with Gasteiger partial charge in [-0.25, -0.2) is 0 Å². The van der Waals surface area contributed by atoms with Gasteiger partial charge in [-0.2, -0.15) is 5.10 Å². The Hall–Kier alpha value is -4.46. The van der Waals surface area contributed by atoms with Crippen molar-refractivity contribution in [2.75, 3.05) is 10.6 Å². The highest BCUT2D eigenvalue weighted by atomic mass is 16.2. The maximum Gasteiger partial charge on any atom is 0.248 e. The SMILES string of the molecule is CC(C)C(NC(=O)Cc1ccc2ccccc2c1)C(=O)Nc1cccc(NC(=O)C(C)n2cccn2)c1. The van der Waals surface area contributed by atoms with E-state index in [0.29, 0.717) is 11.4 Å². The third-order valence-electron chi connectivity index (χ3n) is 6.14. The fraction of sp³-hybridized carbons (Fsp3) is 0.241. The van der Waals surface area contributed by atoms with E-state index >= 15 is 0 Å². The lowest BCUT2D eigenvalue weighted by atomic mass is 10.0. The minimum atomic E-state index is -0.717. The summed E-state index contributed by atoms with van der Waals surface area (Å²) in [7, 11) is 0. The van der Waals surface area contributed by atoms with Gasteiger partial charge in [0.15, 0.2) is 0 Å². The smallest absolute Gasteiger partial charge is 0.248 e. The molecule has 8 heteroatoms. The number of nitrogens with one attached hydrogen (secondary N) is 3. The normalized spacial score (nSPS) is 12.6. The summed E-state index contributed by atoms with van der Waals surface area (Å²) in [6.45, 7) is 5.52. The van der Waals surface area contributed by atoms with Crippen molar-refractivity contribution in [2.45, 2.75) is 39.3 Å². The van der Waals surface area contributed by atoms with Crippen molar-refractivity contribution in [3.8, 4) is 0 Å². The molecule has 37 heavy (non-hydrogen) atoms. The molecular weight excluding hydrogens is 466 g/mol. The molecule has 1 aromatic heterocycles. The molecule has 0 fully saturated rings. The number of hydrogen-bond acceptors (Lipinski definition) is 4. The van der Waals surface area contributed by atoms with Gasteiger partial charge in [0, 0.05) is 23.8 Å². The Morgan fingerprint density at radius 3 is 2.19 bits per heavy atom. The predicted octanol–water partition coefficient (Wildman–Crippen LogP) is 4.56. The van der Waals surface area contributed by atoms with Crippen LogP contribution in [0, 0.1) is 5.92 Å². The van der Waals surface area contributed by atoms with Crippen LogP contribution in [0.5, 0.6) is 0 Å². The van der Waals surface area contributed by atoms with Gasteiger partial charge in [-0.05, 0) is 53.4 Å². The van der Waals surface area contributed by atoms with E-state index in [1.165, 1.54) is 0 Å². The summed E-state index contributed by atoms with van der Waals surface area (Å²) >= 11 is 0. The number of fused-ring (bicyclic) bond motifs is 1. The quantitative estimate of drug-likeness (QED) is 0.315. The molecule has 3 amide bonds. The zero-order chi connectivity index (χ0) is 26.4. The average molecular weight is 498 g/mol. The van der Waals surface area contributed by atoms with E-state index in [9.17, 15) is 14.4 Å². The topological polar surface area (TPSA) is 105 Å². The summed E-state index contributed by atoms with van der Waals surface area (Å²) < 4.78 is 1.56. The molecule has 190 valence electrons. The molecule has 4 rings (SSSR count). The molecule has 0 bridgehead atoms. The van der Waals surface area contributed by atoms with E-state index in [4.69, 9.17) is 0 Å². The van der Waals surface area contributed by atoms with Crippen LogP contribution >= 0.6 is 0 Å². The second kappa shape index (κ2) is 11.5. The van der Waals surface area contributed by atoms with Crippen molar-refractivity contribution >= 4 is 39.9 Å². The van der Waals surface area contributed by atoms with E-state index in [1.807, 2.05) is 56.3 Å². The van der Waals surface area contributed by atoms with E-state index in [-0.39, 0.29) is 30.1 Å². The molecule has 0 aliphatic heterocycles. The number of benzene rings is 3. The highest BCUT2D eigenvalue weighted by molar-refractivity contribution is 5.99. The zero-order valence-corrected chi connectivity index (χ0v) is 21.1. The maximum atomic E-state index is 13.1. The third kappa shape index (κ3) is 6.61. The van der Waals surface area contributed by atoms with Gasteiger partial charge in [-0.3, -0.25) is 19.1 Å². The van der Waals surface area contributed by atoms with E-state index < -0.39 is 12.1 Å². The molecule has 0 spiro atoms. The minimum Gasteiger partial charge on any atom is -0.344 e. The van der Waals surface area contributed by atoms with E-state index in [0.717, 1.165) is 16.3 Å². The van der Waals surface area contributed by atoms with Crippen LogP contribution in [-0.4, -0.2) is 33.5 Å². The molecule has 0 aliphatic rings. The van der Waals surface area contributed by atoms with Crippen LogP contribution in [0.15, 0.2) is 85.2 Å². The molecular formula is C29H31N5O3. The number of aromatic nitrogens is 2. The Morgan fingerprint density at radius 1 is 0.811 bits per heavy atom. The molecule has 4 aromatic rings. The minimum absolute atomic E-state index is 0.127. The molecule has 0 saturated carbocycles. The summed E-state index contributed by atoms with van der Waals surface area (Å²) in [6.07, 6.45) is 3.52. The third-order valence-corrected chi connectivity index (χ3v) is 6.14. The lowest BCUT2D eigenvalue weighted by Gasteiger charge is -2.22. The largest absolute Gasteiger partial charge is 0.344 e. The van der Waals surface area contributed by atoms with Crippen molar-refractivity contribution in [2.24, 2.45) is 5.92 Å². The van der Waals surface area contributed by atoms with Crippen LogP contribution in [0.3, 0.4) is 0 Å². The highest BCUT2D eigenvalue weighted by Gasteiger charge is 2.24. The number of nitrogens with zero attached hydrogens (tertiary/aromatic N) is 2. The summed E-state index contributed by atoms with van der Waals surface area (Å²) in [4.78, 5) is 38.5. The molecule has 0 aliphatic carbocycles. The van der Waals surface area contributed by atoms with Gasteiger partial charge in [0.1, 0.15) is 12.1 Å². The highest BCUT2D eigenvalue weighted by Crippen LogP contribution is 2.19. The molecule has 0 radical (unpaired) electrons. The Bertz CT molecular complexity index is 1400. The standard InChI is InChI=1S/C29H31N5O3/c1-19(2)27(33-26(35)17-21-12-13-22-8-4-5-9-23(22)16-21)29(37)32-25-11-6-10-24(18-25)31-28(36)20(3)34-15-7-14-30-34/h4-16,18-20,27H,17H2,1-3H3,(H,31,36)(H,32,37)(H,33,35). The summed E-state index contributed by atoms with van der Waals surface area (Å²) in [5, 5.41) is 14.9. The first-order valence-corrected chi connectivity index (χ1v) is 12.3. The lowest BCUT2D eigenvalue weighted by molar-refractivity contribution is -0.127. The first kappa shape index (κ1) is 25.6. The van der Waals surface area contributed by atoms with Crippen LogP contribution in [0.1, 0.15) is 32.4 Å². The second-order valence-corrected chi connectivity index (χ2v) is 9.37. The first-order valence-electron chi connectivity index (χ1n) is 12.3. The van der Waals surface area contributed by atoms with Crippen LogP contribution in [0.4, 0.5) is 11.4 Å². The maximum absolute atomic E-state index is 13.1. The monoisotopic (exact) mass is 497 g/mol. The van der Waals surface area contributed by atoms with Gasteiger partial charge in [0.05, 0.1) is 6.42 Å². The summed E-state index contributed by atoms with van der Waals surface area (Å²) in [5.74, 6) is -0.903. The van der Waals surface area contributed by atoms with Crippen LogP contribution < -0.4 is 16.0 Å². The Balaban J connectivity index is 1.37. The molecule has 0 saturated heterocycles. The van der Waals surface area contributed by atoms with Crippen molar-refractivity contribution in [1.82, 2.24) is 15.1 Å². The molecule has 3 aromatic carbocycles. The van der Waals surface area contributed by atoms with Crippen molar-refractivity contribution < 1.29 is 14.4 Å². The number of carbonyl (C=O) groups excluding carboxylic acids is 3. The zero-order valence-electron chi connectivity index (χ0n) is 21.1. The van der Waals surface area contributed by atoms with Crippen molar-refractivity contribution in [1.29, 1.82) is 0 Å². The van der Waals surface area contributed by atoms with Gasteiger partial charge in [-0.15, -0.1) is 0 Å². The lowest BCUT2D eigenvalue weighted by Crippen LogP contribution is -2.47. The Labute approximate surface area is 216 Å². The number of rotatable bonds is 9. The molecule has 3 N–H and O–H groups in total. The molecule has 1 heterocycles. The van der Waals surface area contributed by atoms with Gasteiger partial charge in [-0.1, -0.05) is 62.4 Å². The number of carbonyl (C=O) groups is 3. The van der Waals surface area contributed by atoms with Gasteiger partial charge in [0.2, 0.25) is 17.7 Å². The Morgan fingerprint density at radius 2 is 1.51 bits per heavy atom. The second-order valence-electron chi connectivity index (χ2n) is 9.37. The fourth-order valence-corrected chi connectivity index (χ4v) is 4.06. The van der Waals surface area contributed by atoms with Crippen LogP contribution in [-0.2, 0) is 20.8 Å². The Kier molecular flexibility index (Phi) is 7.98. The number of amides is 3. The first-order chi connectivity index (χ1) is 17.8. The molecule has 8 nitrogen and oxygen atoms in total.